The molecule has 1 aliphatic rings. The van der Waals surface area contributed by atoms with E-state index in [9.17, 15) is 4.79 Å². The molecule has 1 fully saturated rings. The first-order valence-electron chi connectivity index (χ1n) is 5.02. The molecule has 1 aromatic carbocycles. The minimum Gasteiger partial charge on any atom is -0.293 e. The summed E-state index contributed by atoms with van der Waals surface area (Å²) in [5.41, 5.74) is 1.64. The molecule has 0 atom stereocenters. The Balaban J connectivity index is 2.21. The summed E-state index contributed by atoms with van der Waals surface area (Å²) < 4.78 is 0. The molecule has 0 saturated heterocycles. The SMILES string of the molecule is O=C1CCCCC1=Nc1ccccc1. The van der Waals surface area contributed by atoms with Crippen molar-refractivity contribution in [3.63, 3.8) is 0 Å². The molecular weight excluding hydrogens is 174 g/mol. The predicted octanol–water partition coefficient (Wildman–Crippen LogP) is 2.90. The van der Waals surface area contributed by atoms with Crippen molar-refractivity contribution in [2.45, 2.75) is 25.7 Å². The quantitative estimate of drug-likeness (QED) is 0.664. The molecule has 0 N–H and O–H groups in total. The predicted molar refractivity (Wildman–Crippen MR) is 57.0 cm³/mol. The molecule has 0 spiro atoms. The number of nitrogens with zero attached hydrogens (tertiary/aromatic N) is 1. The van der Waals surface area contributed by atoms with Gasteiger partial charge in [-0.15, -0.1) is 0 Å². The first kappa shape index (κ1) is 9.13. The van der Waals surface area contributed by atoms with Gasteiger partial charge in [0.05, 0.1) is 11.4 Å². The summed E-state index contributed by atoms with van der Waals surface area (Å²) in [7, 11) is 0. The highest BCUT2D eigenvalue weighted by molar-refractivity contribution is 6.40. The number of rotatable bonds is 1. The summed E-state index contributed by atoms with van der Waals surface area (Å²) in [5.74, 6) is 0.222. The van der Waals surface area contributed by atoms with Crippen LogP contribution in [0.2, 0.25) is 0 Å². The van der Waals surface area contributed by atoms with E-state index < -0.39 is 0 Å². The highest BCUT2D eigenvalue weighted by Crippen LogP contribution is 2.17. The second-order valence-corrected chi connectivity index (χ2v) is 3.52. The van der Waals surface area contributed by atoms with Crippen molar-refractivity contribution in [2.24, 2.45) is 4.99 Å². The van der Waals surface area contributed by atoms with Crippen molar-refractivity contribution < 1.29 is 4.79 Å². The fourth-order valence-corrected chi connectivity index (χ4v) is 1.64. The van der Waals surface area contributed by atoms with Crippen LogP contribution in [0.25, 0.3) is 0 Å². The normalized spacial score (nSPS) is 20.0. The molecule has 1 aliphatic carbocycles. The smallest absolute Gasteiger partial charge is 0.177 e. The third kappa shape index (κ3) is 2.08. The fraction of sp³-hybridized carbons (Fsp3) is 0.333. The van der Waals surface area contributed by atoms with Crippen molar-refractivity contribution in [3.8, 4) is 0 Å². The van der Waals surface area contributed by atoms with Gasteiger partial charge in [0.25, 0.3) is 0 Å². The Kier molecular flexibility index (Phi) is 2.73. The molecule has 0 bridgehead atoms. The number of carbonyl (C=O) groups excluding carboxylic acids is 1. The lowest BCUT2D eigenvalue weighted by atomic mass is 9.97. The number of hydrogen-bond donors (Lipinski definition) is 0. The third-order valence-electron chi connectivity index (χ3n) is 2.41. The van der Waals surface area contributed by atoms with Gasteiger partial charge in [-0.05, 0) is 31.4 Å². The van der Waals surface area contributed by atoms with Gasteiger partial charge in [-0.25, -0.2) is 4.99 Å². The maximum atomic E-state index is 11.5. The summed E-state index contributed by atoms with van der Waals surface area (Å²) in [4.78, 5) is 15.8. The zero-order valence-corrected chi connectivity index (χ0v) is 8.07. The Labute approximate surface area is 83.7 Å². The molecule has 2 nitrogen and oxygen atoms in total. The molecule has 0 aliphatic heterocycles. The number of benzene rings is 1. The van der Waals surface area contributed by atoms with E-state index in [1.54, 1.807) is 0 Å². The van der Waals surface area contributed by atoms with Crippen LogP contribution >= 0.6 is 0 Å². The Morgan fingerprint density at radius 2 is 1.71 bits per heavy atom. The van der Waals surface area contributed by atoms with Gasteiger partial charge >= 0.3 is 0 Å². The van der Waals surface area contributed by atoms with Gasteiger partial charge in [-0.1, -0.05) is 18.2 Å². The largest absolute Gasteiger partial charge is 0.293 e. The first-order valence-corrected chi connectivity index (χ1v) is 5.02. The molecule has 1 aromatic rings. The van der Waals surface area contributed by atoms with Crippen molar-refractivity contribution >= 4 is 17.2 Å². The molecule has 14 heavy (non-hydrogen) atoms. The Hall–Kier alpha value is -1.44. The van der Waals surface area contributed by atoms with E-state index in [1.807, 2.05) is 30.3 Å². The third-order valence-corrected chi connectivity index (χ3v) is 2.41. The highest BCUT2D eigenvalue weighted by atomic mass is 16.1. The van der Waals surface area contributed by atoms with E-state index in [-0.39, 0.29) is 5.78 Å². The lowest BCUT2D eigenvalue weighted by molar-refractivity contribution is -0.113. The van der Waals surface area contributed by atoms with Crippen molar-refractivity contribution in [3.05, 3.63) is 30.3 Å². The van der Waals surface area contributed by atoms with E-state index >= 15 is 0 Å². The van der Waals surface area contributed by atoms with E-state index in [4.69, 9.17) is 0 Å². The number of ketones is 1. The van der Waals surface area contributed by atoms with Gasteiger partial charge in [0, 0.05) is 6.42 Å². The minimum absolute atomic E-state index is 0.222. The van der Waals surface area contributed by atoms with Crippen molar-refractivity contribution in [2.75, 3.05) is 0 Å². The number of aliphatic imine (C=N–C) groups is 1. The van der Waals surface area contributed by atoms with Gasteiger partial charge in [0.2, 0.25) is 0 Å². The maximum absolute atomic E-state index is 11.5. The van der Waals surface area contributed by atoms with E-state index in [1.165, 1.54) is 0 Å². The molecule has 72 valence electrons. The number of hydrogen-bond acceptors (Lipinski definition) is 2. The maximum Gasteiger partial charge on any atom is 0.177 e. The zero-order chi connectivity index (χ0) is 9.80. The second kappa shape index (κ2) is 4.18. The van der Waals surface area contributed by atoms with Gasteiger partial charge < -0.3 is 0 Å². The van der Waals surface area contributed by atoms with E-state index in [0.29, 0.717) is 6.42 Å². The molecule has 0 amide bonds. The number of Topliss-reactive ketones (excluding diaryl/α,β-unsaturated/α-hetero) is 1. The molecule has 0 heterocycles. The van der Waals surface area contributed by atoms with Gasteiger partial charge in [-0.2, -0.15) is 0 Å². The van der Waals surface area contributed by atoms with Crippen LogP contribution in [0, 0.1) is 0 Å². The summed E-state index contributed by atoms with van der Waals surface area (Å²) in [6.07, 6.45) is 3.63. The Bertz CT molecular complexity index is 354. The van der Waals surface area contributed by atoms with Crippen LogP contribution < -0.4 is 0 Å². The molecule has 2 heteroatoms. The van der Waals surface area contributed by atoms with Crippen LogP contribution in [0.3, 0.4) is 0 Å². The summed E-state index contributed by atoms with van der Waals surface area (Å²) >= 11 is 0. The van der Waals surface area contributed by atoms with Crippen LogP contribution in [0.5, 0.6) is 0 Å². The van der Waals surface area contributed by atoms with Gasteiger partial charge in [0.1, 0.15) is 0 Å². The molecule has 0 aromatic heterocycles. The summed E-state index contributed by atoms with van der Waals surface area (Å²) in [6.45, 7) is 0. The van der Waals surface area contributed by atoms with Crippen molar-refractivity contribution in [1.82, 2.24) is 0 Å². The second-order valence-electron chi connectivity index (χ2n) is 3.52. The number of carbonyl (C=O) groups is 1. The minimum atomic E-state index is 0.222. The zero-order valence-electron chi connectivity index (χ0n) is 8.07. The average molecular weight is 187 g/mol. The lowest BCUT2D eigenvalue weighted by Gasteiger charge is -2.10. The molecule has 0 unspecified atom stereocenters. The molecular formula is C12H13NO. The van der Waals surface area contributed by atoms with Crippen LogP contribution in [-0.2, 0) is 4.79 Å². The lowest BCUT2D eigenvalue weighted by Crippen LogP contribution is -2.18. The fourth-order valence-electron chi connectivity index (χ4n) is 1.64. The van der Waals surface area contributed by atoms with E-state index in [2.05, 4.69) is 4.99 Å². The Morgan fingerprint density at radius 1 is 1.00 bits per heavy atom. The van der Waals surface area contributed by atoms with Crippen LogP contribution in [0.15, 0.2) is 35.3 Å². The topological polar surface area (TPSA) is 29.4 Å². The first-order chi connectivity index (χ1) is 6.86. The van der Waals surface area contributed by atoms with Crippen molar-refractivity contribution in [1.29, 1.82) is 0 Å². The van der Waals surface area contributed by atoms with Crippen LogP contribution in [0.1, 0.15) is 25.7 Å². The standard InChI is InChI=1S/C12H13NO/c14-12-9-5-4-8-11(12)13-10-6-2-1-3-7-10/h1-3,6-7H,4-5,8-9H2. The Morgan fingerprint density at radius 3 is 2.43 bits per heavy atom. The van der Waals surface area contributed by atoms with Crippen LogP contribution in [0.4, 0.5) is 5.69 Å². The molecule has 1 saturated carbocycles. The van der Waals surface area contributed by atoms with Gasteiger partial charge in [0.15, 0.2) is 5.78 Å². The number of para-hydroxylation sites is 1. The van der Waals surface area contributed by atoms with Crippen LogP contribution in [-0.4, -0.2) is 11.5 Å². The highest BCUT2D eigenvalue weighted by Gasteiger charge is 2.15. The molecule has 2 rings (SSSR count). The monoisotopic (exact) mass is 187 g/mol. The summed E-state index contributed by atoms with van der Waals surface area (Å²) in [5, 5.41) is 0. The molecule has 0 radical (unpaired) electrons. The average Bonchev–Trinajstić information content (AvgIpc) is 2.23. The van der Waals surface area contributed by atoms with E-state index in [0.717, 1.165) is 30.7 Å². The van der Waals surface area contributed by atoms with Gasteiger partial charge in [-0.3, -0.25) is 4.79 Å². The summed E-state index contributed by atoms with van der Waals surface area (Å²) in [6, 6.07) is 9.68.